The number of aromatic nitrogens is 1. The lowest BCUT2D eigenvalue weighted by Gasteiger charge is -2.35. The number of anilines is 1. The largest absolute Gasteiger partial charge is 0.282 e. The van der Waals surface area contributed by atoms with Gasteiger partial charge in [-0.3, -0.25) is 9.69 Å². The van der Waals surface area contributed by atoms with Crippen molar-refractivity contribution in [3.05, 3.63) is 75.6 Å². The number of aryl methyl sites for hydroxylation is 2. The third-order valence-corrected chi connectivity index (χ3v) is 11.2. The number of thiazole rings is 1. The van der Waals surface area contributed by atoms with Crippen LogP contribution >= 0.6 is 34.3 Å². The Morgan fingerprint density at radius 3 is 2.61 bits per heavy atom. The summed E-state index contributed by atoms with van der Waals surface area (Å²) in [7, 11) is -3.86. The number of hydrogen-bond acceptors (Lipinski definition) is 6. The average Bonchev–Trinajstić information content (AvgIpc) is 3.50. The van der Waals surface area contributed by atoms with E-state index >= 15 is 0 Å². The lowest BCUT2D eigenvalue weighted by Crippen LogP contribution is -2.52. The maximum atomic E-state index is 14.2. The summed E-state index contributed by atoms with van der Waals surface area (Å²) in [6, 6.07) is 16.1. The zero-order valence-electron chi connectivity index (χ0n) is 20.0. The summed E-state index contributed by atoms with van der Waals surface area (Å²) in [6.07, 6.45) is 1.96. The second-order valence-electron chi connectivity index (χ2n) is 9.02. The standard InChI is InChI=1S/C26H26ClN3O3S3/c1-17-14-18(2)24-20(15-17)28-26(35-24)29(16-19-8-4-3-5-9-19)25(31)21-10-6-7-13-30(21)36(32,33)23-12-11-22(27)34-23/h3-5,8-9,11-12,14-15,21H,6-7,10,13,16H2,1-2H3. The first-order chi connectivity index (χ1) is 17.2. The molecule has 2 aromatic carbocycles. The molecular formula is C26H26ClN3O3S3. The molecular weight excluding hydrogens is 534 g/mol. The summed E-state index contributed by atoms with van der Waals surface area (Å²) >= 11 is 8.53. The average molecular weight is 560 g/mol. The number of piperidine rings is 1. The van der Waals surface area contributed by atoms with E-state index in [-0.39, 0.29) is 10.1 Å². The quantitative estimate of drug-likeness (QED) is 0.274. The van der Waals surface area contributed by atoms with Crippen LogP contribution in [0.5, 0.6) is 0 Å². The molecule has 0 aliphatic carbocycles. The van der Waals surface area contributed by atoms with Gasteiger partial charge in [0, 0.05) is 6.54 Å². The first-order valence-electron chi connectivity index (χ1n) is 11.7. The van der Waals surface area contributed by atoms with Crippen LogP contribution in [0.1, 0.15) is 36.0 Å². The van der Waals surface area contributed by atoms with E-state index in [1.54, 1.807) is 11.0 Å². The summed E-state index contributed by atoms with van der Waals surface area (Å²) in [5.41, 5.74) is 4.02. The molecule has 188 valence electrons. The van der Waals surface area contributed by atoms with Crippen LogP contribution in [0.4, 0.5) is 5.13 Å². The predicted molar refractivity (Wildman–Crippen MR) is 148 cm³/mol. The molecule has 6 nitrogen and oxygen atoms in total. The van der Waals surface area contributed by atoms with Crippen LogP contribution in [0.3, 0.4) is 0 Å². The fourth-order valence-electron chi connectivity index (χ4n) is 4.66. The molecule has 4 aromatic rings. The molecule has 36 heavy (non-hydrogen) atoms. The molecule has 3 heterocycles. The lowest BCUT2D eigenvalue weighted by molar-refractivity contribution is -0.123. The molecule has 2 aromatic heterocycles. The Kier molecular flexibility index (Phi) is 7.20. The van der Waals surface area contributed by atoms with Crippen LogP contribution in [0.2, 0.25) is 4.34 Å². The Morgan fingerprint density at radius 2 is 1.89 bits per heavy atom. The molecule has 0 N–H and O–H groups in total. The van der Waals surface area contributed by atoms with Gasteiger partial charge in [0.15, 0.2) is 5.13 Å². The molecule has 1 aliphatic rings. The summed E-state index contributed by atoms with van der Waals surface area (Å²) in [5.74, 6) is -0.252. The van der Waals surface area contributed by atoms with Gasteiger partial charge in [-0.25, -0.2) is 13.4 Å². The van der Waals surface area contributed by atoms with Crippen molar-refractivity contribution in [2.45, 2.75) is 49.9 Å². The molecule has 0 spiro atoms. The van der Waals surface area contributed by atoms with Crippen molar-refractivity contribution in [2.24, 2.45) is 0 Å². The number of hydrogen-bond donors (Lipinski definition) is 0. The number of thiophene rings is 1. The number of carbonyl (C=O) groups is 1. The number of rotatable bonds is 6. The zero-order chi connectivity index (χ0) is 25.4. The highest BCUT2D eigenvalue weighted by Gasteiger charge is 2.41. The van der Waals surface area contributed by atoms with Crippen molar-refractivity contribution in [3.8, 4) is 0 Å². The van der Waals surface area contributed by atoms with Gasteiger partial charge in [0.05, 0.1) is 21.1 Å². The Morgan fingerprint density at radius 1 is 1.11 bits per heavy atom. The minimum atomic E-state index is -3.86. The van der Waals surface area contributed by atoms with Crippen LogP contribution in [0.25, 0.3) is 10.2 Å². The van der Waals surface area contributed by atoms with Gasteiger partial charge in [-0.15, -0.1) is 11.3 Å². The molecule has 1 amide bonds. The number of benzene rings is 2. The monoisotopic (exact) mass is 559 g/mol. The van der Waals surface area contributed by atoms with Crippen LogP contribution in [-0.4, -0.2) is 36.2 Å². The van der Waals surface area contributed by atoms with Crippen LogP contribution in [0.15, 0.2) is 58.8 Å². The Labute approximate surface area is 224 Å². The fourth-order valence-corrected chi connectivity index (χ4v) is 8.94. The minimum absolute atomic E-state index is 0.160. The maximum absolute atomic E-state index is 14.2. The van der Waals surface area contributed by atoms with Crippen molar-refractivity contribution < 1.29 is 13.2 Å². The number of carbonyl (C=O) groups excluding carboxylic acids is 1. The van der Waals surface area contributed by atoms with Gasteiger partial charge >= 0.3 is 0 Å². The number of amides is 1. The Balaban J connectivity index is 1.56. The maximum Gasteiger partial charge on any atom is 0.253 e. The zero-order valence-corrected chi connectivity index (χ0v) is 23.2. The van der Waals surface area contributed by atoms with Gasteiger partial charge in [0.1, 0.15) is 10.3 Å². The van der Waals surface area contributed by atoms with Gasteiger partial charge in [-0.1, -0.05) is 65.8 Å². The molecule has 10 heteroatoms. The summed E-state index contributed by atoms with van der Waals surface area (Å²) < 4.78 is 30.1. The topological polar surface area (TPSA) is 70.6 Å². The molecule has 1 atom stereocenters. The first kappa shape index (κ1) is 25.4. The van der Waals surface area contributed by atoms with Gasteiger partial charge < -0.3 is 0 Å². The molecule has 1 aliphatic heterocycles. The van der Waals surface area contributed by atoms with Crippen molar-refractivity contribution in [3.63, 3.8) is 0 Å². The molecule has 0 bridgehead atoms. The minimum Gasteiger partial charge on any atom is -0.282 e. The van der Waals surface area contributed by atoms with E-state index in [1.807, 2.05) is 50.2 Å². The van der Waals surface area contributed by atoms with Crippen LogP contribution in [0, 0.1) is 13.8 Å². The number of sulfonamides is 1. The second-order valence-corrected chi connectivity index (χ2v) is 13.8. The number of nitrogens with zero attached hydrogens (tertiary/aromatic N) is 3. The normalized spacial score (nSPS) is 16.9. The van der Waals surface area contributed by atoms with E-state index in [9.17, 15) is 13.2 Å². The van der Waals surface area contributed by atoms with Gasteiger partial charge in [0.2, 0.25) is 5.91 Å². The van der Waals surface area contributed by atoms with Crippen molar-refractivity contribution in [1.29, 1.82) is 0 Å². The highest BCUT2D eigenvalue weighted by Crippen LogP contribution is 2.36. The van der Waals surface area contributed by atoms with Crippen LogP contribution < -0.4 is 4.90 Å². The Bertz CT molecular complexity index is 1520. The van der Waals surface area contributed by atoms with E-state index in [1.165, 1.54) is 21.7 Å². The third-order valence-electron chi connectivity index (χ3n) is 6.34. The molecule has 5 rings (SSSR count). The highest BCUT2D eigenvalue weighted by atomic mass is 35.5. The summed E-state index contributed by atoms with van der Waals surface area (Å²) in [4.78, 5) is 20.7. The molecule has 1 unspecified atom stereocenters. The Hall–Kier alpha value is -2.30. The number of halogens is 1. The molecule has 0 radical (unpaired) electrons. The van der Waals surface area contributed by atoms with E-state index in [4.69, 9.17) is 16.6 Å². The molecule has 0 saturated carbocycles. The smallest absolute Gasteiger partial charge is 0.253 e. The summed E-state index contributed by atoms with van der Waals surface area (Å²) in [5, 5.41) is 0.578. The predicted octanol–water partition coefficient (Wildman–Crippen LogP) is 6.40. The van der Waals surface area contributed by atoms with E-state index in [0.717, 1.165) is 44.7 Å². The van der Waals surface area contributed by atoms with E-state index < -0.39 is 16.1 Å². The lowest BCUT2D eigenvalue weighted by atomic mass is 10.0. The first-order valence-corrected chi connectivity index (χ1v) is 15.2. The van der Waals surface area contributed by atoms with Crippen molar-refractivity contribution in [1.82, 2.24) is 9.29 Å². The highest BCUT2D eigenvalue weighted by molar-refractivity contribution is 7.91. The van der Waals surface area contributed by atoms with Gasteiger partial charge in [0.25, 0.3) is 10.0 Å². The SMILES string of the molecule is Cc1cc(C)c2sc(N(Cc3ccccc3)C(=O)C3CCCCN3S(=O)(=O)c3ccc(Cl)s3)nc2c1. The third kappa shape index (κ3) is 4.95. The van der Waals surface area contributed by atoms with Gasteiger partial charge in [-0.05, 0) is 61.6 Å². The molecule has 1 fully saturated rings. The van der Waals surface area contributed by atoms with Crippen molar-refractivity contribution >= 4 is 65.6 Å². The fraction of sp³-hybridized carbons (Fsp3) is 0.308. The number of fused-ring (bicyclic) bond motifs is 1. The van der Waals surface area contributed by atoms with E-state index in [2.05, 4.69) is 6.07 Å². The van der Waals surface area contributed by atoms with Crippen LogP contribution in [-0.2, 0) is 21.4 Å². The summed E-state index contributed by atoms with van der Waals surface area (Å²) in [6.45, 7) is 4.68. The van der Waals surface area contributed by atoms with E-state index in [0.29, 0.717) is 35.4 Å². The van der Waals surface area contributed by atoms with Crippen molar-refractivity contribution in [2.75, 3.05) is 11.4 Å². The molecule has 1 saturated heterocycles. The van der Waals surface area contributed by atoms with Gasteiger partial charge in [-0.2, -0.15) is 4.31 Å². The second kappa shape index (κ2) is 10.2.